The van der Waals surface area contributed by atoms with E-state index in [-0.39, 0.29) is 5.78 Å². The Balaban J connectivity index is 1.17. The van der Waals surface area contributed by atoms with Gasteiger partial charge in [-0.15, -0.1) is 0 Å². The first-order chi connectivity index (χ1) is 26.2. The smallest absolute Gasteiger partial charge is 0.193 e. The first kappa shape index (κ1) is 28.7. The summed E-state index contributed by atoms with van der Waals surface area (Å²) in [5.74, 6) is 0.0319. The van der Waals surface area contributed by atoms with Crippen LogP contribution in [0.25, 0.3) is 77.3 Å². The SMILES string of the molecule is O=C1c2ccc(-c3cccc4c3oc3ccccc34)cc2C2(c3cc(-c4cccc5c4oc4ccccc45)ccc31)c1ccccc1-c1ccccc12. The van der Waals surface area contributed by atoms with Gasteiger partial charge in [0.05, 0.1) is 5.41 Å². The predicted molar refractivity (Wildman–Crippen MR) is 213 cm³/mol. The third-order valence-corrected chi connectivity index (χ3v) is 11.7. The highest BCUT2D eigenvalue weighted by Crippen LogP contribution is 2.60. The summed E-state index contributed by atoms with van der Waals surface area (Å²) in [6, 6.07) is 59.2. The molecular formula is C50H28O3. The highest BCUT2D eigenvalue weighted by molar-refractivity contribution is 6.17. The van der Waals surface area contributed by atoms with Crippen molar-refractivity contribution in [2.24, 2.45) is 0 Å². The quantitative estimate of drug-likeness (QED) is 0.183. The lowest BCUT2D eigenvalue weighted by Gasteiger charge is -2.40. The number of hydrogen-bond donors (Lipinski definition) is 0. The molecule has 0 N–H and O–H groups in total. The van der Waals surface area contributed by atoms with Gasteiger partial charge in [-0.2, -0.15) is 0 Å². The van der Waals surface area contributed by atoms with Gasteiger partial charge in [0, 0.05) is 43.8 Å². The molecule has 53 heavy (non-hydrogen) atoms. The van der Waals surface area contributed by atoms with E-state index in [1.807, 2.05) is 48.5 Å². The van der Waals surface area contributed by atoms with Gasteiger partial charge < -0.3 is 8.83 Å². The molecule has 0 radical (unpaired) electrons. The van der Waals surface area contributed by atoms with Gasteiger partial charge >= 0.3 is 0 Å². The fourth-order valence-corrected chi connectivity index (χ4v) is 9.49. The number of furan rings is 2. The van der Waals surface area contributed by atoms with Gasteiger partial charge in [0.25, 0.3) is 0 Å². The van der Waals surface area contributed by atoms with Crippen LogP contribution in [0.1, 0.15) is 38.2 Å². The van der Waals surface area contributed by atoms with Crippen molar-refractivity contribution in [1.29, 1.82) is 0 Å². The van der Waals surface area contributed by atoms with Crippen molar-refractivity contribution >= 4 is 49.7 Å². The van der Waals surface area contributed by atoms with Crippen molar-refractivity contribution < 1.29 is 13.6 Å². The van der Waals surface area contributed by atoms with Gasteiger partial charge in [0.1, 0.15) is 22.3 Å². The molecule has 2 aliphatic rings. The second-order valence-corrected chi connectivity index (χ2v) is 14.3. The van der Waals surface area contributed by atoms with Crippen molar-refractivity contribution in [3.63, 3.8) is 0 Å². The Morgan fingerprint density at radius 1 is 0.340 bits per heavy atom. The van der Waals surface area contributed by atoms with E-state index in [1.165, 1.54) is 22.3 Å². The summed E-state index contributed by atoms with van der Waals surface area (Å²) < 4.78 is 13.1. The molecule has 2 aliphatic carbocycles. The lowest BCUT2D eigenvalue weighted by molar-refractivity contribution is 0.103. The minimum absolute atomic E-state index is 0.0319. The third-order valence-electron chi connectivity index (χ3n) is 11.7. The lowest BCUT2D eigenvalue weighted by atomic mass is 9.60. The highest BCUT2D eigenvalue weighted by atomic mass is 16.3. The standard InChI is InChI=1S/C50H28O3/c51-47-39-25-23-29(31-15-9-17-37-35-13-3-7-21-45(35)52-48(31)37)27-43(39)50(41-19-5-1-11-33(41)34-12-2-6-20-42(34)50)44-28-30(24-26-40(44)47)32-16-10-18-38-36-14-4-8-22-46(36)53-49(32)38/h1-28H. The molecule has 0 unspecified atom stereocenters. The third kappa shape index (κ3) is 3.66. The van der Waals surface area contributed by atoms with Crippen LogP contribution in [0.4, 0.5) is 0 Å². The van der Waals surface area contributed by atoms with Gasteiger partial charge in [-0.05, 0) is 68.8 Å². The predicted octanol–water partition coefficient (Wildman–Crippen LogP) is 12.7. The number of benzene rings is 8. The molecule has 0 fully saturated rings. The second-order valence-electron chi connectivity index (χ2n) is 14.3. The van der Waals surface area contributed by atoms with Gasteiger partial charge in [-0.1, -0.05) is 146 Å². The van der Waals surface area contributed by atoms with E-state index in [9.17, 15) is 4.79 Å². The molecule has 1 spiro atoms. The summed E-state index contributed by atoms with van der Waals surface area (Å²) in [5, 5.41) is 4.34. The Hall–Kier alpha value is -6.97. The summed E-state index contributed by atoms with van der Waals surface area (Å²) in [6.45, 7) is 0. The zero-order valence-electron chi connectivity index (χ0n) is 28.4. The average molecular weight is 677 g/mol. The summed E-state index contributed by atoms with van der Waals surface area (Å²) in [6.07, 6.45) is 0. The molecule has 0 aliphatic heterocycles. The van der Waals surface area contributed by atoms with Gasteiger partial charge in [-0.25, -0.2) is 0 Å². The van der Waals surface area contributed by atoms with E-state index in [2.05, 4.69) is 121 Å². The van der Waals surface area contributed by atoms with Crippen LogP contribution in [0.2, 0.25) is 0 Å². The van der Waals surface area contributed by atoms with E-state index in [1.54, 1.807) is 0 Å². The van der Waals surface area contributed by atoms with Crippen molar-refractivity contribution in [2.75, 3.05) is 0 Å². The Bertz CT molecular complexity index is 2990. The fourth-order valence-electron chi connectivity index (χ4n) is 9.49. The molecule has 12 rings (SSSR count). The Kier molecular flexibility index (Phi) is 5.58. The van der Waals surface area contributed by atoms with Crippen LogP contribution < -0.4 is 0 Å². The summed E-state index contributed by atoms with van der Waals surface area (Å²) in [5.41, 5.74) is 14.8. The monoisotopic (exact) mass is 676 g/mol. The van der Waals surface area contributed by atoms with Crippen molar-refractivity contribution in [3.8, 4) is 33.4 Å². The topological polar surface area (TPSA) is 43.4 Å². The molecule has 2 aromatic heterocycles. The van der Waals surface area contributed by atoms with Gasteiger partial charge in [0.15, 0.2) is 5.78 Å². The molecule has 0 saturated heterocycles. The fraction of sp³-hybridized carbons (Fsp3) is 0.0200. The molecule has 0 saturated carbocycles. The zero-order chi connectivity index (χ0) is 34.8. The number of carbonyl (C=O) groups is 1. The van der Waals surface area contributed by atoms with Crippen molar-refractivity contribution in [3.05, 3.63) is 203 Å². The van der Waals surface area contributed by atoms with Gasteiger partial charge in [0.2, 0.25) is 0 Å². The van der Waals surface area contributed by atoms with Crippen LogP contribution in [-0.2, 0) is 5.41 Å². The minimum atomic E-state index is -0.749. The van der Waals surface area contributed by atoms with E-state index in [0.29, 0.717) is 0 Å². The largest absolute Gasteiger partial charge is 0.455 e. The van der Waals surface area contributed by atoms with Crippen molar-refractivity contribution in [2.45, 2.75) is 5.41 Å². The number of carbonyl (C=O) groups excluding carboxylic acids is 1. The highest BCUT2D eigenvalue weighted by Gasteiger charge is 2.51. The molecule has 3 heteroatoms. The average Bonchev–Trinajstić information content (AvgIpc) is 3.88. The van der Waals surface area contributed by atoms with Crippen LogP contribution in [0.5, 0.6) is 0 Å². The number of para-hydroxylation sites is 4. The molecule has 2 heterocycles. The van der Waals surface area contributed by atoms with Crippen LogP contribution in [0.3, 0.4) is 0 Å². The molecule has 0 atom stereocenters. The second kappa shape index (κ2) is 10.3. The van der Waals surface area contributed by atoms with E-state index in [4.69, 9.17) is 8.83 Å². The summed E-state index contributed by atoms with van der Waals surface area (Å²) >= 11 is 0. The van der Waals surface area contributed by atoms with Crippen LogP contribution in [0.15, 0.2) is 179 Å². The first-order valence-electron chi connectivity index (χ1n) is 18.0. The van der Waals surface area contributed by atoms with E-state index >= 15 is 0 Å². The van der Waals surface area contributed by atoms with Gasteiger partial charge in [-0.3, -0.25) is 4.79 Å². The van der Waals surface area contributed by atoms with Crippen LogP contribution in [-0.4, -0.2) is 5.78 Å². The maximum absolute atomic E-state index is 14.8. The van der Waals surface area contributed by atoms with Crippen molar-refractivity contribution in [1.82, 2.24) is 0 Å². The van der Waals surface area contributed by atoms with Crippen LogP contribution in [0, 0.1) is 0 Å². The number of ketones is 1. The van der Waals surface area contributed by atoms with E-state index < -0.39 is 5.41 Å². The summed E-state index contributed by atoms with van der Waals surface area (Å²) in [4.78, 5) is 14.8. The summed E-state index contributed by atoms with van der Waals surface area (Å²) in [7, 11) is 0. The maximum atomic E-state index is 14.8. The number of fused-ring (bicyclic) bond motifs is 15. The molecule has 0 amide bonds. The maximum Gasteiger partial charge on any atom is 0.193 e. The first-order valence-corrected chi connectivity index (χ1v) is 18.0. The molecule has 3 nitrogen and oxygen atoms in total. The number of hydrogen-bond acceptors (Lipinski definition) is 3. The van der Waals surface area contributed by atoms with E-state index in [0.717, 1.165) is 88.4 Å². The Labute approximate surface area is 304 Å². The molecule has 0 bridgehead atoms. The Morgan fingerprint density at radius 3 is 1.26 bits per heavy atom. The molecule has 246 valence electrons. The lowest BCUT2D eigenvalue weighted by Crippen LogP contribution is -2.36. The molecular weight excluding hydrogens is 649 g/mol. The van der Waals surface area contributed by atoms with Crippen LogP contribution >= 0.6 is 0 Å². The Morgan fingerprint density at radius 2 is 0.755 bits per heavy atom. The molecule has 10 aromatic rings. The normalized spacial score (nSPS) is 13.8. The number of rotatable bonds is 2. The minimum Gasteiger partial charge on any atom is -0.455 e. The zero-order valence-corrected chi connectivity index (χ0v) is 28.4. The molecule has 8 aromatic carbocycles.